The van der Waals surface area contributed by atoms with Crippen LogP contribution in [-0.4, -0.2) is 31.0 Å². The number of ether oxygens (including phenoxy) is 1. The largest absolute Gasteiger partial charge is 0.443 e. The molecule has 0 aliphatic rings. The van der Waals surface area contributed by atoms with E-state index in [-0.39, 0.29) is 24.5 Å². The highest BCUT2D eigenvalue weighted by Gasteiger charge is 2.28. The second-order valence-electron chi connectivity index (χ2n) is 10.5. The van der Waals surface area contributed by atoms with Crippen molar-refractivity contribution in [1.29, 1.82) is 0 Å². The SMILES string of the molecule is CC(C)(C)OC(=O)N(C/C=C/Cl)c1ccc2ccc(S(=O)(=O)N(Cc3ccccc3)Cc3ccccc3)cc2c1Br. The first kappa shape index (κ1) is 30.8. The molecule has 0 fully saturated rings. The number of amides is 1. The molecule has 0 aromatic heterocycles. The Labute approximate surface area is 255 Å². The van der Waals surface area contributed by atoms with Gasteiger partial charge in [-0.1, -0.05) is 90.5 Å². The number of benzene rings is 4. The van der Waals surface area contributed by atoms with Crippen LogP contribution in [0, 0.1) is 0 Å². The zero-order valence-corrected chi connectivity index (χ0v) is 26.3. The smallest absolute Gasteiger partial charge is 0.415 e. The molecule has 0 aliphatic heterocycles. The molecule has 0 aliphatic carbocycles. The molecule has 0 unspecified atom stereocenters. The molecule has 0 saturated heterocycles. The molecule has 4 rings (SSSR count). The zero-order chi connectivity index (χ0) is 29.6. The van der Waals surface area contributed by atoms with E-state index in [1.165, 1.54) is 14.7 Å². The molecule has 41 heavy (non-hydrogen) atoms. The third-order valence-electron chi connectivity index (χ3n) is 6.23. The second kappa shape index (κ2) is 13.2. The first-order valence-electron chi connectivity index (χ1n) is 13.1. The van der Waals surface area contributed by atoms with Gasteiger partial charge in [-0.3, -0.25) is 4.90 Å². The van der Waals surface area contributed by atoms with Crippen molar-refractivity contribution in [2.45, 2.75) is 44.4 Å². The topological polar surface area (TPSA) is 66.9 Å². The van der Waals surface area contributed by atoms with Gasteiger partial charge in [0.25, 0.3) is 0 Å². The van der Waals surface area contributed by atoms with Crippen LogP contribution in [0.15, 0.2) is 112 Å². The predicted octanol–water partition coefficient (Wildman–Crippen LogP) is 8.49. The summed E-state index contributed by atoms with van der Waals surface area (Å²) in [7, 11) is -3.91. The quantitative estimate of drug-likeness (QED) is 0.181. The fourth-order valence-corrected chi connectivity index (χ4v) is 6.51. The number of fused-ring (bicyclic) bond motifs is 1. The second-order valence-corrected chi connectivity index (χ2v) is 13.5. The van der Waals surface area contributed by atoms with Gasteiger partial charge in [0.1, 0.15) is 5.60 Å². The van der Waals surface area contributed by atoms with E-state index in [4.69, 9.17) is 16.3 Å². The fraction of sp³-hybridized carbons (Fsp3) is 0.219. The minimum atomic E-state index is -3.91. The van der Waals surface area contributed by atoms with Gasteiger partial charge in [-0.25, -0.2) is 13.2 Å². The Morgan fingerprint density at radius 1 is 0.902 bits per heavy atom. The summed E-state index contributed by atoms with van der Waals surface area (Å²) in [6.07, 6.45) is 1.08. The predicted molar refractivity (Wildman–Crippen MR) is 170 cm³/mol. The van der Waals surface area contributed by atoms with Crippen LogP contribution in [0.25, 0.3) is 10.8 Å². The van der Waals surface area contributed by atoms with E-state index in [1.54, 1.807) is 51.1 Å². The molecular formula is C32H32BrClN2O4S. The van der Waals surface area contributed by atoms with Gasteiger partial charge in [-0.05, 0) is 76.8 Å². The summed E-state index contributed by atoms with van der Waals surface area (Å²) in [5, 5.41) is 1.46. The third-order valence-corrected chi connectivity index (χ3v) is 9.03. The molecule has 9 heteroatoms. The van der Waals surface area contributed by atoms with Crippen molar-refractivity contribution in [2.75, 3.05) is 11.4 Å². The van der Waals surface area contributed by atoms with E-state index in [0.29, 0.717) is 15.5 Å². The standard InChI is InChI=1S/C32H32BrClN2O4S/c1-32(2,3)40-31(37)36(20-10-19-34)29-18-16-26-15-17-27(21-28(26)30(29)33)41(38,39)35(22-24-11-6-4-7-12-24)23-25-13-8-5-9-14-25/h4-19,21H,20,22-23H2,1-3H3/b19-10+. The van der Waals surface area contributed by atoms with Crippen molar-refractivity contribution < 1.29 is 17.9 Å². The van der Waals surface area contributed by atoms with Gasteiger partial charge in [0, 0.05) is 29.6 Å². The van der Waals surface area contributed by atoms with Crippen LogP contribution in [0.3, 0.4) is 0 Å². The monoisotopic (exact) mass is 654 g/mol. The molecule has 0 spiro atoms. The number of hydrogen-bond donors (Lipinski definition) is 0. The maximum atomic E-state index is 14.1. The highest BCUT2D eigenvalue weighted by Crippen LogP contribution is 2.36. The molecule has 214 valence electrons. The molecule has 4 aromatic carbocycles. The van der Waals surface area contributed by atoms with Gasteiger partial charge < -0.3 is 4.74 Å². The van der Waals surface area contributed by atoms with E-state index >= 15 is 0 Å². The lowest BCUT2D eigenvalue weighted by Crippen LogP contribution is -2.37. The van der Waals surface area contributed by atoms with E-state index < -0.39 is 21.7 Å². The molecule has 1 amide bonds. The van der Waals surface area contributed by atoms with E-state index in [2.05, 4.69) is 15.9 Å². The van der Waals surface area contributed by atoms with E-state index in [9.17, 15) is 13.2 Å². The van der Waals surface area contributed by atoms with E-state index in [1.807, 2.05) is 66.7 Å². The first-order chi connectivity index (χ1) is 19.5. The Hall–Kier alpha value is -3.17. The Morgan fingerprint density at radius 3 is 2.00 bits per heavy atom. The molecule has 0 bridgehead atoms. The van der Waals surface area contributed by atoms with Gasteiger partial charge in [-0.15, -0.1) is 0 Å². The Morgan fingerprint density at radius 2 is 1.46 bits per heavy atom. The zero-order valence-electron chi connectivity index (χ0n) is 23.1. The molecule has 0 saturated carbocycles. The number of rotatable bonds is 9. The van der Waals surface area contributed by atoms with Crippen molar-refractivity contribution in [3.05, 3.63) is 118 Å². The van der Waals surface area contributed by atoms with Crippen molar-refractivity contribution in [3.63, 3.8) is 0 Å². The molecule has 0 N–H and O–H groups in total. The van der Waals surface area contributed by atoms with Crippen molar-refractivity contribution in [1.82, 2.24) is 4.31 Å². The highest BCUT2D eigenvalue weighted by atomic mass is 79.9. The molecule has 0 atom stereocenters. The number of nitrogens with zero attached hydrogens (tertiary/aromatic N) is 2. The minimum Gasteiger partial charge on any atom is -0.443 e. The maximum Gasteiger partial charge on any atom is 0.415 e. The normalized spacial score (nSPS) is 12.2. The molecule has 0 radical (unpaired) electrons. The Bertz CT molecular complexity index is 1600. The number of anilines is 1. The molecule has 6 nitrogen and oxygen atoms in total. The van der Waals surface area contributed by atoms with Crippen molar-refractivity contribution in [3.8, 4) is 0 Å². The number of carbonyl (C=O) groups excluding carboxylic acids is 1. The number of carbonyl (C=O) groups is 1. The summed E-state index contributed by atoms with van der Waals surface area (Å²) < 4.78 is 35.9. The Kier molecular flexibility index (Phi) is 9.92. The third kappa shape index (κ3) is 7.77. The molecule has 0 heterocycles. The van der Waals surface area contributed by atoms with Crippen LogP contribution in [0.5, 0.6) is 0 Å². The summed E-state index contributed by atoms with van der Waals surface area (Å²) in [4.78, 5) is 14.7. The number of hydrogen-bond acceptors (Lipinski definition) is 4. The summed E-state index contributed by atoms with van der Waals surface area (Å²) >= 11 is 9.43. The summed E-state index contributed by atoms with van der Waals surface area (Å²) in [5.74, 6) is 0. The highest BCUT2D eigenvalue weighted by molar-refractivity contribution is 9.10. The summed E-state index contributed by atoms with van der Waals surface area (Å²) in [5.41, 5.74) is 2.94. The molecule has 4 aromatic rings. The van der Waals surface area contributed by atoms with Crippen LogP contribution in [0.1, 0.15) is 31.9 Å². The van der Waals surface area contributed by atoms with Crippen LogP contribution >= 0.6 is 27.5 Å². The lowest BCUT2D eigenvalue weighted by atomic mass is 10.1. The van der Waals surface area contributed by atoms with Crippen LogP contribution in [-0.2, 0) is 27.8 Å². The van der Waals surface area contributed by atoms with Crippen LogP contribution in [0.4, 0.5) is 10.5 Å². The van der Waals surface area contributed by atoms with Gasteiger partial charge in [0.05, 0.1) is 10.6 Å². The van der Waals surface area contributed by atoms with Gasteiger partial charge in [0.2, 0.25) is 10.0 Å². The van der Waals surface area contributed by atoms with Crippen molar-refractivity contribution in [2.24, 2.45) is 0 Å². The summed E-state index contributed by atoms with van der Waals surface area (Å²) in [6, 6.07) is 27.7. The van der Waals surface area contributed by atoms with Crippen molar-refractivity contribution >= 4 is 60.1 Å². The average molecular weight is 656 g/mol. The van der Waals surface area contributed by atoms with Gasteiger partial charge >= 0.3 is 6.09 Å². The fourth-order valence-electron chi connectivity index (χ4n) is 4.30. The van der Waals surface area contributed by atoms with Gasteiger partial charge in [-0.2, -0.15) is 4.31 Å². The van der Waals surface area contributed by atoms with Crippen LogP contribution < -0.4 is 4.90 Å². The first-order valence-corrected chi connectivity index (χ1v) is 15.7. The lowest BCUT2D eigenvalue weighted by molar-refractivity contribution is 0.0584. The number of halogens is 2. The average Bonchev–Trinajstić information content (AvgIpc) is 2.94. The van der Waals surface area contributed by atoms with Crippen LogP contribution in [0.2, 0.25) is 0 Å². The summed E-state index contributed by atoms with van der Waals surface area (Å²) in [6.45, 7) is 5.99. The van der Waals surface area contributed by atoms with Gasteiger partial charge in [0.15, 0.2) is 0 Å². The Balaban J connectivity index is 1.77. The van der Waals surface area contributed by atoms with E-state index in [0.717, 1.165) is 16.5 Å². The maximum absolute atomic E-state index is 14.1. The number of sulfonamides is 1. The molecular weight excluding hydrogens is 624 g/mol. The lowest BCUT2D eigenvalue weighted by Gasteiger charge is -2.28. The minimum absolute atomic E-state index is 0.152.